The van der Waals surface area contributed by atoms with Crippen LogP contribution in [-0.2, 0) is 15.7 Å². The van der Waals surface area contributed by atoms with Crippen LogP contribution in [0.1, 0.15) is 45.6 Å². The number of piperidine rings is 1. The number of hydrogen-bond acceptors (Lipinski definition) is 9. The zero-order valence-electron chi connectivity index (χ0n) is 20.2. The molecule has 1 aromatic carbocycles. The number of halogens is 3. The van der Waals surface area contributed by atoms with E-state index in [0.29, 0.717) is 25.2 Å². The molecule has 0 atom stereocenters. The smallest absolute Gasteiger partial charge is 0.416 e. The number of alkyl halides is 3. The van der Waals surface area contributed by atoms with Crippen LogP contribution >= 0.6 is 11.3 Å². The van der Waals surface area contributed by atoms with Crippen LogP contribution < -0.4 is 10.5 Å². The van der Waals surface area contributed by atoms with Gasteiger partial charge in [-0.2, -0.15) is 18.2 Å². The van der Waals surface area contributed by atoms with Gasteiger partial charge in [-0.3, -0.25) is 24.6 Å². The molecule has 2 fully saturated rings. The molecule has 2 saturated heterocycles. The second kappa shape index (κ2) is 9.25. The van der Waals surface area contributed by atoms with Crippen LogP contribution in [0.25, 0.3) is 10.1 Å². The number of non-ortho nitro benzene ring substituents is 1. The molecule has 13 heteroatoms. The number of nitro groups is 1. The Balaban J connectivity index is 1.50. The third kappa shape index (κ3) is 5.61. The molecule has 2 aromatic rings. The number of likely N-dealkylation sites (tertiary alicyclic amines) is 1. The fourth-order valence-corrected chi connectivity index (χ4v) is 5.99. The van der Waals surface area contributed by atoms with E-state index in [1.165, 1.54) is 0 Å². The number of fused-ring (bicyclic) bond motifs is 1. The first-order valence-electron chi connectivity index (χ1n) is 11.6. The van der Waals surface area contributed by atoms with E-state index in [-0.39, 0.29) is 27.8 Å². The largest absolute Gasteiger partial charge is 0.459 e. The maximum absolute atomic E-state index is 13.2. The highest BCUT2D eigenvalue weighted by atomic mass is 32.1. The van der Waals surface area contributed by atoms with Gasteiger partial charge in [-0.05, 0) is 58.1 Å². The van der Waals surface area contributed by atoms with Crippen LogP contribution in [0.2, 0.25) is 0 Å². The molecular weight excluding hydrogens is 501 g/mol. The van der Waals surface area contributed by atoms with Crippen LogP contribution in [0.15, 0.2) is 16.9 Å². The maximum atomic E-state index is 13.2. The highest BCUT2D eigenvalue weighted by Crippen LogP contribution is 2.43. The minimum absolute atomic E-state index is 0.00787. The number of ether oxygens (including phenoxy) is 1. The maximum Gasteiger partial charge on any atom is 0.416 e. The van der Waals surface area contributed by atoms with Crippen molar-refractivity contribution in [1.29, 1.82) is 0 Å². The Morgan fingerprint density at radius 2 is 1.83 bits per heavy atom. The van der Waals surface area contributed by atoms with Crippen LogP contribution in [-0.4, -0.2) is 59.1 Å². The summed E-state index contributed by atoms with van der Waals surface area (Å²) in [6, 6.07) is 1.09. The fourth-order valence-electron chi connectivity index (χ4n) is 4.87. The van der Waals surface area contributed by atoms with Gasteiger partial charge in [0.25, 0.3) is 11.2 Å². The molecule has 196 valence electrons. The van der Waals surface area contributed by atoms with Gasteiger partial charge >= 0.3 is 12.1 Å². The Labute approximate surface area is 209 Å². The third-order valence-corrected chi connectivity index (χ3v) is 7.76. The molecule has 2 aliphatic heterocycles. The van der Waals surface area contributed by atoms with E-state index in [0.717, 1.165) is 43.7 Å². The molecule has 0 bridgehead atoms. The quantitative estimate of drug-likeness (QED) is 0.330. The van der Waals surface area contributed by atoms with E-state index in [1.54, 1.807) is 0 Å². The van der Waals surface area contributed by atoms with Crippen molar-refractivity contribution in [2.24, 2.45) is 5.41 Å². The predicted octanol–water partition coefficient (Wildman–Crippen LogP) is 4.22. The molecular formula is C23H27F3N4O5S. The van der Waals surface area contributed by atoms with E-state index in [1.807, 2.05) is 25.7 Å². The minimum atomic E-state index is -4.82. The van der Waals surface area contributed by atoms with E-state index in [9.17, 15) is 32.9 Å². The first-order valence-corrected chi connectivity index (χ1v) is 12.4. The van der Waals surface area contributed by atoms with Gasteiger partial charge in [0.1, 0.15) is 10.3 Å². The van der Waals surface area contributed by atoms with E-state index in [4.69, 9.17) is 4.74 Å². The molecule has 0 unspecified atom stereocenters. The lowest BCUT2D eigenvalue weighted by Crippen LogP contribution is -2.42. The SMILES string of the molecule is CC(C)(C)OC(=O)CN1CCC2(CCN(c3nc(=O)c4cc(C(F)(F)F)cc([N+](=O)[O-])c4s3)CC2)C1. The number of benzene rings is 1. The first-order chi connectivity index (χ1) is 16.7. The standard InChI is InChI=1S/C23H27F3N4O5S/c1-21(2,3)35-17(31)12-28-7-4-22(13-28)5-8-29(9-6-22)20-27-19(32)15-10-14(23(24,25)26)11-16(30(33)34)18(15)36-20/h10-11H,4-9,12-13H2,1-3H3. The van der Waals surface area contributed by atoms with Gasteiger partial charge in [0.2, 0.25) is 0 Å². The summed E-state index contributed by atoms with van der Waals surface area (Å²) in [5.41, 5.74) is -3.46. The number of carbonyl (C=O) groups is 1. The van der Waals surface area contributed by atoms with Gasteiger partial charge in [0.05, 0.1) is 22.4 Å². The number of hydrogen-bond donors (Lipinski definition) is 0. The molecule has 0 N–H and O–H groups in total. The zero-order valence-corrected chi connectivity index (χ0v) is 21.0. The highest BCUT2D eigenvalue weighted by Gasteiger charge is 2.42. The topological polar surface area (TPSA) is 106 Å². The van der Waals surface area contributed by atoms with Crippen molar-refractivity contribution in [3.05, 3.63) is 38.2 Å². The molecule has 4 rings (SSSR count). The summed E-state index contributed by atoms with van der Waals surface area (Å²) in [7, 11) is 0. The molecule has 1 aromatic heterocycles. The van der Waals surface area contributed by atoms with Crippen molar-refractivity contribution in [3.63, 3.8) is 0 Å². The number of esters is 1. The summed E-state index contributed by atoms with van der Waals surface area (Å²) in [6.45, 7) is 8.30. The number of nitro benzene ring substituents is 1. The van der Waals surface area contributed by atoms with Crippen LogP contribution in [0.3, 0.4) is 0 Å². The normalized spacial score (nSPS) is 18.7. The Morgan fingerprint density at radius 1 is 1.19 bits per heavy atom. The Bertz CT molecular complexity index is 1250. The molecule has 1 spiro atoms. The van der Waals surface area contributed by atoms with Gasteiger partial charge in [-0.15, -0.1) is 0 Å². The Hall–Kier alpha value is -2.80. The second-order valence-electron chi connectivity index (χ2n) is 10.5. The Morgan fingerprint density at radius 3 is 2.42 bits per heavy atom. The average molecular weight is 529 g/mol. The highest BCUT2D eigenvalue weighted by molar-refractivity contribution is 7.22. The number of rotatable bonds is 4. The Kier molecular flexibility index (Phi) is 6.75. The van der Waals surface area contributed by atoms with Gasteiger partial charge in [-0.25, -0.2) is 0 Å². The summed E-state index contributed by atoms with van der Waals surface area (Å²) in [4.78, 5) is 43.3. The lowest BCUT2D eigenvalue weighted by Gasteiger charge is -2.39. The predicted molar refractivity (Wildman–Crippen MR) is 128 cm³/mol. The number of anilines is 1. The molecule has 0 saturated carbocycles. The monoisotopic (exact) mass is 528 g/mol. The number of nitrogens with zero attached hydrogens (tertiary/aromatic N) is 4. The van der Waals surface area contributed by atoms with E-state index >= 15 is 0 Å². The van der Waals surface area contributed by atoms with Crippen molar-refractivity contribution >= 4 is 38.2 Å². The first kappa shape index (κ1) is 26.3. The van der Waals surface area contributed by atoms with Gasteiger partial charge < -0.3 is 9.64 Å². The minimum Gasteiger partial charge on any atom is -0.459 e. The van der Waals surface area contributed by atoms with Crippen LogP contribution in [0.5, 0.6) is 0 Å². The summed E-state index contributed by atoms with van der Waals surface area (Å²) in [6.07, 6.45) is -2.37. The zero-order chi connectivity index (χ0) is 26.5. The van der Waals surface area contributed by atoms with Crippen molar-refractivity contribution in [1.82, 2.24) is 9.88 Å². The van der Waals surface area contributed by atoms with Gasteiger partial charge in [-0.1, -0.05) is 11.3 Å². The van der Waals surface area contributed by atoms with E-state index < -0.39 is 38.9 Å². The number of aromatic nitrogens is 1. The molecule has 2 aliphatic rings. The van der Waals surface area contributed by atoms with E-state index in [2.05, 4.69) is 9.88 Å². The summed E-state index contributed by atoms with van der Waals surface area (Å²) < 4.78 is 44.9. The molecule has 0 radical (unpaired) electrons. The summed E-state index contributed by atoms with van der Waals surface area (Å²) >= 11 is 0.861. The molecule has 36 heavy (non-hydrogen) atoms. The van der Waals surface area contributed by atoms with Crippen molar-refractivity contribution in [3.8, 4) is 0 Å². The van der Waals surface area contributed by atoms with Crippen molar-refractivity contribution in [2.45, 2.75) is 51.8 Å². The summed E-state index contributed by atoms with van der Waals surface area (Å²) in [5, 5.41) is 11.4. The number of carbonyl (C=O) groups excluding carboxylic acids is 1. The van der Waals surface area contributed by atoms with Gasteiger partial charge in [0.15, 0.2) is 5.13 Å². The third-order valence-electron chi connectivity index (χ3n) is 6.60. The molecule has 0 amide bonds. The fraction of sp³-hybridized carbons (Fsp3) is 0.609. The molecule has 9 nitrogen and oxygen atoms in total. The lowest BCUT2D eigenvalue weighted by molar-refractivity contribution is -0.383. The molecule has 0 aliphatic carbocycles. The van der Waals surface area contributed by atoms with Gasteiger partial charge in [0, 0.05) is 25.7 Å². The lowest BCUT2D eigenvalue weighted by atomic mass is 9.78. The molecule has 3 heterocycles. The summed E-state index contributed by atoms with van der Waals surface area (Å²) in [5.74, 6) is -0.266. The van der Waals surface area contributed by atoms with Crippen LogP contribution in [0, 0.1) is 15.5 Å². The van der Waals surface area contributed by atoms with Crippen molar-refractivity contribution in [2.75, 3.05) is 37.6 Å². The van der Waals surface area contributed by atoms with Crippen molar-refractivity contribution < 1.29 is 27.6 Å². The average Bonchev–Trinajstić information content (AvgIpc) is 3.13. The van der Waals surface area contributed by atoms with Crippen LogP contribution in [0.4, 0.5) is 24.0 Å². The second-order valence-corrected chi connectivity index (χ2v) is 11.4.